The molecule has 2 aliphatic rings. The Balaban J connectivity index is 2.13. The number of imide groups is 1. The molecule has 5 nitrogen and oxygen atoms in total. The van der Waals surface area contributed by atoms with Crippen molar-refractivity contribution in [2.75, 3.05) is 6.54 Å². The third kappa shape index (κ3) is 2.51. The van der Waals surface area contributed by atoms with Gasteiger partial charge in [0.15, 0.2) is 0 Å². The average molecular weight is 254 g/mol. The smallest absolute Gasteiger partial charge is 0.325 e. The first-order chi connectivity index (χ1) is 8.55. The predicted octanol–water partition coefficient (Wildman–Crippen LogP) is 1.40. The zero-order valence-electron chi connectivity index (χ0n) is 10.9. The molecule has 0 bridgehead atoms. The monoisotopic (exact) mass is 254 g/mol. The van der Waals surface area contributed by atoms with E-state index in [0.29, 0.717) is 0 Å². The van der Waals surface area contributed by atoms with Crippen LogP contribution in [0, 0.1) is 0 Å². The van der Waals surface area contributed by atoms with Gasteiger partial charge in [0.2, 0.25) is 0 Å². The van der Waals surface area contributed by atoms with Gasteiger partial charge in [0.05, 0.1) is 12.6 Å². The van der Waals surface area contributed by atoms with Gasteiger partial charge in [-0.2, -0.15) is 0 Å². The second kappa shape index (κ2) is 5.26. The zero-order valence-corrected chi connectivity index (χ0v) is 10.9. The van der Waals surface area contributed by atoms with Crippen molar-refractivity contribution in [2.24, 2.45) is 0 Å². The zero-order chi connectivity index (χ0) is 13.2. The Labute approximate surface area is 108 Å². The minimum Gasteiger partial charge on any atom is -0.392 e. The SMILES string of the molecule is CC(O)CN1C(=O)NC2(CCCCCCC2)C1=O. The lowest BCUT2D eigenvalue weighted by Gasteiger charge is -2.28. The van der Waals surface area contributed by atoms with Crippen molar-refractivity contribution in [3.63, 3.8) is 0 Å². The van der Waals surface area contributed by atoms with Crippen molar-refractivity contribution < 1.29 is 14.7 Å². The number of β-amino-alcohol motifs (C(OH)–C–C–N with tert-alkyl or cyclic N) is 1. The first-order valence-corrected chi connectivity index (χ1v) is 6.87. The Hall–Kier alpha value is -1.10. The molecule has 2 rings (SSSR count). The summed E-state index contributed by atoms with van der Waals surface area (Å²) in [6.07, 6.45) is 6.21. The van der Waals surface area contributed by atoms with E-state index >= 15 is 0 Å². The molecule has 3 amide bonds. The number of hydrogen-bond donors (Lipinski definition) is 2. The van der Waals surface area contributed by atoms with Gasteiger partial charge in [-0.15, -0.1) is 0 Å². The largest absolute Gasteiger partial charge is 0.392 e. The van der Waals surface area contributed by atoms with E-state index in [9.17, 15) is 14.7 Å². The Kier molecular flexibility index (Phi) is 3.90. The van der Waals surface area contributed by atoms with E-state index in [1.165, 1.54) is 11.3 Å². The number of carbonyl (C=O) groups excluding carboxylic acids is 2. The molecule has 2 N–H and O–H groups in total. The van der Waals surface area contributed by atoms with Gasteiger partial charge in [-0.05, 0) is 19.8 Å². The molecule has 0 aromatic heterocycles. The van der Waals surface area contributed by atoms with Crippen LogP contribution in [0.2, 0.25) is 0 Å². The molecule has 0 aromatic rings. The van der Waals surface area contributed by atoms with Crippen LogP contribution in [0.1, 0.15) is 51.9 Å². The number of aliphatic hydroxyl groups is 1. The van der Waals surface area contributed by atoms with E-state index in [1.807, 2.05) is 0 Å². The maximum Gasteiger partial charge on any atom is 0.325 e. The van der Waals surface area contributed by atoms with Crippen molar-refractivity contribution >= 4 is 11.9 Å². The molecule has 102 valence electrons. The molecule has 1 unspecified atom stereocenters. The van der Waals surface area contributed by atoms with E-state index < -0.39 is 11.6 Å². The number of carbonyl (C=O) groups is 2. The Morgan fingerprint density at radius 1 is 1.22 bits per heavy atom. The summed E-state index contributed by atoms with van der Waals surface area (Å²) in [6.45, 7) is 1.68. The van der Waals surface area contributed by atoms with Gasteiger partial charge in [-0.1, -0.05) is 32.1 Å². The fourth-order valence-corrected chi connectivity index (χ4v) is 2.95. The van der Waals surface area contributed by atoms with Gasteiger partial charge in [0.1, 0.15) is 5.54 Å². The summed E-state index contributed by atoms with van der Waals surface area (Å²) >= 11 is 0. The van der Waals surface area contributed by atoms with Crippen LogP contribution in [0.4, 0.5) is 4.79 Å². The minimum absolute atomic E-state index is 0.0897. The van der Waals surface area contributed by atoms with Crippen LogP contribution < -0.4 is 5.32 Å². The normalized spacial score (nSPS) is 25.8. The number of nitrogens with one attached hydrogen (secondary N) is 1. The van der Waals surface area contributed by atoms with Crippen LogP contribution in [0.3, 0.4) is 0 Å². The van der Waals surface area contributed by atoms with Crippen molar-refractivity contribution in [1.29, 1.82) is 0 Å². The number of rotatable bonds is 2. The fraction of sp³-hybridized carbons (Fsp3) is 0.846. The topological polar surface area (TPSA) is 69.6 Å². The minimum atomic E-state index is -0.688. The van der Waals surface area contributed by atoms with Crippen LogP contribution in [-0.4, -0.2) is 40.1 Å². The Morgan fingerprint density at radius 2 is 1.78 bits per heavy atom. The van der Waals surface area contributed by atoms with E-state index in [2.05, 4.69) is 5.32 Å². The second-order valence-corrected chi connectivity index (χ2v) is 5.54. The summed E-state index contributed by atoms with van der Waals surface area (Å²) in [6, 6.07) is -0.346. The maximum absolute atomic E-state index is 12.4. The number of urea groups is 1. The lowest BCUT2D eigenvalue weighted by molar-refractivity contribution is -0.132. The summed E-state index contributed by atoms with van der Waals surface area (Å²) < 4.78 is 0. The molecule has 1 heterocycles. The third-order valence-electron chi connectivity index (χ3n) is 3.90. The van der Waals surface area contributed by atoms with Crippen LogP contribution >= 0.6 is 0 Å². The van der Waals surface area contributed by atoms with Gasteiger partial charge in [0, 0.05) is 0 Å². The summed E-state index contributed by atoms with van der Waals surface area (Å²) in [5.74, 6) is -0.143. The van der Waals surface area contributed by atoms with Crippen molar-refractivity contribution in [2.45, 2.75) is 63.5 Å². The third-order valence-corrected chi connectivity index (χ3v) is 3.90. The molecule has 1 aliphatic heterocycles. The van der Waals surface area contributed by atoms with Gasteiger partial charge in [-0.3, -0.25) is 9.69 Å². The molecule has 1 spiro atoms. The standard InChI is InChI=1S/C13H22N2O3/c1-10(16)9-15-11(17)13(14-12(15)18)7-5-3-2-4-6-8-13/h10,16H,2-9H2,1H3,(H,14,18). The average Bonchev–Trinajstić information content (AvgIpc) is 2.49. The lowest BCUT2D eigenvalue weighted by Crippen LogP contribution is -2.47. The van der Waals surface area contributed by atoms with E-state index in [0.717, 1.165) is 38.5 Å². The maximum atomic E-state index is 12.4. The highest BCUT2D eigenvalue weighted by Gasteiger charge is 2.50. The van der Waals surface area contributed by atoms with Gasteiger partial charge >= 0.3 is 6.03 Å². The van der Waals surface area contributed by atoms with Crippen LogP contribution in [0.25, 0.3) is 0 Å². The van der Waals surface area contributed by atoms with Crippen molar-refractivity contribution in [3.05, 3.63) is 0 Å². The molecular weight excluding hydrogens is 232 g/mol. The van der Waals surface area contributed by atoms with Gasteiger partial charge < -0.3 is 10.4 Å². The Bertz CT molecular complexity index is 333. The van der Waals surface area contributed by atoms with E-state index in [1.54, 1.807) is 6.92 Å². The van der Waals surface area contributed by atoms with Crippen molar-refractivity contribution in [3.8, 4) is 0 Å². The molecule has 18 heavy (non-hydrogen) atoms. The lowest BCUT2D eigenvalue weighted by atomic mass is 9.84. The Morgan fingerprint density at radius 3 is 2.33 bits per heavy atom. The molecular formula is C13H22N2O3. The van der Waals surface area contributed by atoms with Crippen LogP contribution in [0.5, 0.6) is 0 Å². The van der Waals surface area contributed by atoms with Crippen LogP contribution in [0.15, 0.2) is 0 Å². The summed E-state index contributed by atoms with van der Waals surface area (Å²) in [5.41, 5.74) is -0.688. The quantitative estimate of drug-likeness (QED) is 0.732. The molecule has 1 atom stereocenters. The first-order valence-electron chi connectivity index (χ1n) is 6.87. The van der Waals surface area contributed by atoms with E-state index in [-0.39, 0.29) is 18.5 Å². The first kappa shape index (κ1) is 13.3. The number of amides is 3. The highest BCUT2D eigenvalue weighted by atomic mass is 16.3. The summed E-state index contributed by atoms with van der Waals surface area (Å²) in [7, 11) is 0. The number of aliphatic hydroxyl groups excluding tert-OH is 1. The molecule has 1 aliphatic carbocycles. The second-order valence-electron chi connectivity index (χ2n) is 5.54. The molecule has 1 saturated heterocycles. The van der Waals surface area contributed by atoms with Gasteiger partial charge in [-0.25, -0.2) is 4.79 Å². The molecule has 1 saturated carbocycles. The highest BCUT2D eigenvalue weighted by Crippen LogP contribution is 2.32. The number of hydrogen-bond acceptors (Lipinski definition) is 3. The van der Waals surface area contributed by atoms with Crippen molar-refractivity contribution in [1.82, 2.24) is 10.2 Å². The summed E-state index contributed by atoms with van der Waals surface area (Å²) in [5, 5.41) is 12.2. The summed E-state index contributed by atoms with van der Waals surface area (Å²) in [4.78, 5) is 25.5. The number of nitrogens with zero attached hydrogens (tertiary/aromatic N) is 1. The van der Waals surface area contributed by atoms with E-state index in [4.69, 9.17) is 0 Å². The predicted molar refractivity (Wildman–Crippen MR) is 67.0 cm³/mol. The highest BCUT2D eigenvalue weighted by molar-refractivity contribution is 6.07. The molecule has 2 fully saturated rings. The van der Waals surface area contributed by atoms with Crippen LogP contribution in [-0.2, 0) is 4.79 Å². The fourth-order valence-electron chi connectivity index (χ4n) is 2.95. The molecule has 0 radical (unpaired) electrons. The molecule has 5 heteroatoms. The molecule has 0 aromatic carbocycles. The van der Waals surface area contributed by atoms with Gasteiger partial charge in [0.25, 0.3) is 5.91 Å².